The highest BCUT2D eigenvalue weighted by molar-refractivity contribution is 7.17. The second-order valence-electron chi connectivity index (χ2n) is 8.70. The molecule has 10 heteroatoms. The molecule has 2 aliphatic rings. The number of hydrogen-bond acceptors (Lipinski definition) is 9. The van der Waals surface area contributed by atoms with Gasteiger partial charge in [0.05, 0.1) is 17.3 Å². The molecule has 1 fully saturated rings. The van der Waals surface area contributed by atoms with Crippen LogP contribution in [0.1, 0.15) is 45.0 Å². The van der Waals surface area contributed by atoms with Gasteiger partial charge < -0.3 is 14.6 Å². The van der Waals surface area contributed by atoms with Gasteiger partial charge in [-0.1, -0.05) is 24.0 Å². The van der Waals surface area contributed by atoms with Gasteiger partial charge in [0, 0.05) is 24.4 Å². The van der Waals surface area contributed by atoms with Crippen LogP contribution in [0.2, 0.25) is 0 Å². The van der Waals surface area contributed by atoms with E-state index in [0.29, 0.717) is 23.2 Å². The molecule has 0 aliphatic carbocycles. The Bertz CT molecular complexity index is 1460. The van der Waals surface area contributed by atoms with Gasteiger partial charge in [-0.3, -0.25) is 19.5 Å². The van der Waals surface area contributed by atoms with E-state index in [-0.39, 0.29) is 34.1 Å². The molecule has 9 nitrogen and oxygen atoms in total. The zero-order valence-electron chi connectivity index (χ0n) is 20.1. The minimum atomic E-state index is -0.978. The molecule has 2 unspecified atom stereocenters. The molecular formula is C27H23N3O6S. The van der Waals surface area contributed by atoms with Gasteiger partial charge in [0.25, 0.3) is 5.78 Å². The Morgan fingerprint density at radius 3 is 2.78 bits per heavy atom. The van der Waals surface area contributed by atoms with Crippen LogP contribution in [0.4, 0.5) is 5.13 Å². The van der Waals surface area contributed by atoms with Gasteiger partial charge in [-0.25, -0.2) is 9.78 Å². The van der Waals surface area contributed by atoms with Crippen molar-refractivity contribution in [3.63, 3.8) is 0 Å². The van der Waals surface area contributed by atoms with Crippen LogP contribution in [0.3, 0.4) is 0 Å². The van der Waals surface area contributed by atoms with E-state index in [0.717, 1.165) is 22.6 Å². The number of benzene rings is 1. The number of thiazole rings is 1. The highest BCUT2D eigenvalue weighted by atomic mass is 32.1. The Labute approximate surface area is 216 Å². The van der Waals surface area contributed by atoms with Crippen LogP contribution in [-0.4, -0.2) is 45.4 Å². The molecule has 188 valence electrons. The van der Waals surface area contributed by atoms with Gasteiger partial charge in [-0.15, -0.1) is 0 Å². The first-order valence-electron chi connectivity index (χ1n) is 11.6. The second kappa shape index (κ2) is 9.62. The molecule has 0 spiro atoms. The summed E-state index contributed by atoms with van der Waals surface area (Å²) >= 11 is 0.942. The number of anilines is 1. The Hall–Kier alpha value is -4.31. The first-order chi connectivity index (χ1) is 17.8. The number of aliphatic hydroxyl groups excluding tert-OH is 1. The number of aromatic nitrogens is 2. The normalized spacial score (nSPS) is 20.0. The van der Waals surface area contributed by atoms with Crippen molar-refractivity contribution in [3.8, 4) is 5.75 Å². The maximum Gasteiger partial charge on any atom is 0.350 e. The van der Waals surface area contributed by atoms with Crippen LogP contribution in [0.25, 0.3) is 5.76 Å². The lowest BCUT2D eigenvalue weighted by Crippen LogP contribution is -2.29. The van der Waals surface area contributed by atoms with Crippen LogP contribution in [0.5, 0.6) is 5.75 Å². The number of rotatable bonds is 6. The largest absolute Gasteiger partial charge is 0.507 e. The van der Waals surface area contributed by atoms with Crippen molar-refractivity contribution in [2.24, 2.45) is 0 Å². The van der Waals surface area contributed by atoms with Crippen molar-refractivity contribution in [1.29, 1.82) is 0 Å². The summed E-state index contributed by atoms with van der Waals surface area (Å²) in [4.78, 5) is 49.1. The van der Waals surface area contributed by atoms with Gasteiger partial charge in [-0.2, -0.15) is 0 Å². The topological polar surface area (TPSA) is 119 Å². The number of esters is 1. The van der Waals surface area contributed by atoms with Gasteiger partial charge in [-0.05, 0) is 55.3 Å². The minimum absolute atomic E-state index is 0.00954. The number of carbonyl (C=O) groups is 3. The Morgan fingerprint density at radius 2 is 2.05 bits per heavy atom. The number of nitrogens with zero attached hydrogens (tertiary/aromatic N) is 3. The van der Waals surface area contributed by atoms with Crippen LogP contribution < -0.4 is 9.64 Å². The first-order valence-corrected chi connectivity index (χ1v) is 12.4. The van der Waals surface area contributed by atoms with E-state index in [4.69, 9.17) is 9.47 Å². The van der Waals surface area contributed by atoms with Crippen LogP contribution >= 0.6 is 11.3 Å². The first kappa shape index (κ1) is 24.4. The maximum absolute atomic E-state index is 13.4. The number of ketones is 1. The zero-order chi connectivity index (χ0) is 26.3. The molecule has 0 radical (unpaired) electrons. The molecule has 1 saturated heterocycles. The van der Waals surface area contributed by atoms with Crippen molar-refractivity contribution >= 4 is 39.9 Å². The fourth-order valence-corrected chi connectivity index (χ4v) is 5.48. The van der Waals surface area contributed by atoms with Crippen LogP contribution in [-0.2, 0) is 20.7 Å². The van der Waals surface area contributed by atoms with E-state index in [9.17, 15) is 19.5 Å². The second-order valence-corrected chi connectivity index (χ2v) is 9.68. The van der Waals surface area contributed by atoms with Crippen LogP contribution in [0.15, 0.2) is 61.0 Å². The lowest BCUT2D eigenvalue weighted by atomic mass is 9.95. The Balaban J connectivity index is 1.63. The summed E-state index contributed by atoms with van der Waals surface area (Å²) in [6, 6.07) is 7.52. The quantitative estimate of drug-likeness (QED) is 0.170. The zero-order valence-corrected chi connectivity index (χ0v) is 20.9. The van der Waals surface area contributed by atoms with E-state index in [2.05, 4.69) is 16.5 Å². The number of aliphatic hydroxyl groups is 1. The summed E-state index contributed by atoms with van der Waals surface area (Å²) in [6.45, 7) is 7.13. The predicted molar refractivity (Wildman–Crippen MR) is 137 cm³/mol. The van der Waals surface area contributed by atoms with Gasteiger partial charge in [0.2, 0.25) is 0 Å². The standard InChI is InChI=1S/C27H23N3O6S/c1-4-11-35-26(34)24-15(3)29-27(37-24)30-21(16-7-9-28-10-8-16)20(23(32)25(30)33)22(31)17-5-6-19-18(13-17)12-14(2)36-19/h4-10,13-14,21,31H,1,11-12H2,2-3H3. The monoisotopic (exact) mass is 517 g/mol. The third kappa shape index (κ3) is 4.29. The number of aryl methyl sites for hydroxylation is 1. The van der Waals surface area contributed by atoms with Gasteiger partial charge in [0.1, 0.15) is 29.1 Å². The average Bonchev–Trinajstić information content (AvgIpc) is 3.54. The predicted octanol–water partition coefficient (Wildman–Crippen LogP) is 4.14. The molecule has 4 heterocycles. The molecule has 2 aliphatic heterocycles. The third-order valence-corrected chi connectivity index (χ3v) is 7.28. The average molecular weight is 518 g/mol. The summed E-state index contributed by atoms with van der Waals surface area (Å²) < 4.78 is 10.9. The van der Waals surface area contributed by atoms with Crippen LogP contribution in [0, 0.1) is 6.92 Å². The fraction of sp³-hybridized carbons (Fsp3) is 0.222. The molecule has 2 aromatic heterocycles. The van der Waals surface area contributed by atoms with E-state index in [1.165, 1.54) is 23.4 Å². The van der Waals surface area contributed by atoms with E-state index < -0.39 is 23.7 Å². The molecule has 3 aromatic rings. The molecule has 1 aromatic carbocycles. The van der Waals surface area contributed by atoms with E-state index in [1.54, 1.807) is 37.3 Å². The Kier molecular flexibility index (Phi) is 6.34. The smallest absolute Gasteiger partial charge is 0.350 e. The van der Waals surface area contributed by atoms with Crippen molar-refractivity contribution in [2.45, 2.75) is 32.4 Å². The van der Waals surface area contributed by atoms with E-state index >= 15 is 0 Å². The number of amides is 1. The summed E-state index contributed by atoms with van der Waals surface area (Å²) in [5.74, 6) is -1.89. The SMILES string of the molecule is C=CCOC(=O)c1sc(N2C(=O)C(=O)C(=C(O)c3ccc4c(c3)CC(C)O4)C2c2ccncc2)nc1C. The Morgan fingerprint density at radius 1 is 1.30 bits per heavy atom. The molecule has 37 heavy (non-hydrogen) atoms. The van der Waals surface area contributed by atoms with Gasteiger partial charge in [0.15, 0.2) is 5.13 Å². The lowest BCUT2D eigenvalue weighted by Gasteiger charge is -2.22. The highest BCUT2D eigenvalue weighted by Gasteiger charge is 2.48. The summed E-state index contributed by atoms with van der Waals surface area (Å²) in [5.41, 5.74) is 2.14. The van der Waals surface area contributed by atoms with Crippen molar-refractivity contribution in [2.75, 3.05) is 11.5 Å². The number of Topliss-reactive ketones (excluding diaryl/α,β-unsaturated/α-hetero) is 1. The van der Waals surface area contributed by atoms with E-state index in [1.807, 2.05) is 6.92 Å². The minimum Gasteiger partial charge on any atom is -0.507 e. The molecule has 2 atom stereocenters. The molecule has 0 saturated carbocycles. The van der Waals surface area contributed by atoms with Crippen molar-refractivity contribution in [3.05, 3.63) is 88.2 Å². The number of fused-ring (bicyclic) bond motifs is 1. The lowest BCUT2D eigenvalue weighted by molar-refractivity contribution is -0.132. The molecule has 1 N–H and O–H groups in total. The van der Waals surface area contributed by atoms with Gasteiger partial charge >= 0.3 is 11.9 Å². The number of hydrogen-bond donors (Lipinski definition) is 1. The van der Waals surface area contributed by atoms with Crippen molar-refractivity contribution < 1.29 is 29.0 Å². The number of carbonyl (C=O) groups excluding carboxylic acids is 3. The van der Waals surface area contributed by atoms with Crippen molar-refractivity contribution in [1.82, 2.24) is 9.97 Å². The third-order valence-electron chi connectivity index (χ3n) is 6.14. The molecular weight excluding hydrogens is 494 g/mol. The molecule has 5 rings (SSSR count). The molecule has 0 bridgehead atoms. The molecule has 1 amide bonds. The maximum atomic E-state index is 13.4. The summed E-state index contributed by atoms with van der Waals surface area (Å²) in [5, 5.41) is 11.5. The number of pyridine rings is 1. The number of ether oxygens (including phenoxy) is 2. The summed E-state index contributed by atoms with van der Waals surface area (Å²) in [6.07, 6.45) is 5.20. The summed E-state index contributed by atoms with van der Waals surface area (Å²) in [7, 11) is 0. The highest BCUT2D eigenvalue weighted by Crippen LogP contribution is 2.44. The fourth-order valence-electron chi connectivity index (χ4n) is 4.49.